The highest BCUT2D eigenvalue weighted by Crippen LogP contribution is 2.26. The molecular weight excluding hydrogens is 250 g/mol. The number of thiazole rings is 1. The van der Waals surface area contributed by atoms with Crippen LogP contribution in [0, 0.1) is 0 Å². The molecule has 0 spiro atoms. The Labute approximate surface area is 108 Å². The maximum atomic E-state index is 12.3. The summed E-state index contributed by atoms with van der Waals surface area (Å²) >= 11 is 1.23. The summed E-state index contributed by atoms with van der Waals surface area (Å²) in [7, 11) is 3.41. The Hall–Kier alpha value is -2.15. The molecule has 0 aliphatic carbocycles. The molecule has 0 fully saturated rings. The summed E-state index contributed by atoms with van der Waals surface area (Å²) in [4.78, 5) is 22.2. The monoisotopic (exact) mass is 263 g/mol. The summed E-state index contributed by atoms with van der Waals surface area (Å²) < 4.78 is 0. The first-order valence-corrected chi connectivity index (χ1v) is 6.07. The van der Waals surface area contributed by atoms with Crippen molar-refractivity contribution in [3.05, 3.63) is 29.4 Å². The Morgan fingerprint density at radius 2 is 2.33 bits per heavy atom. The first-order chi connectivity index (χ1) is 8.63. The van der Waals surface area contributed by atoms with Gasteiger partial charge in [-0.3, -0.25) is 9.78 Å². The number of nitrogens with zero attached hydrogens (tertiary/aromatic N) is 3. The summed E-state index contributed by atoms with van der Waals surface area (Å²) in [6.45, 7) is 0. The van der Waals surface area contributed by atoms with Crippen LogP contribution < -0.4 is 16.0 Å². The fourth-order valence-electron chi connectivity index (χ4n) is 1.41. The van der Waals surface area contributed by atoms with Gasteiger partial charge in [-0.1, -0.05) is 11.3 Å². The van der Waals surface area contributed by atoms with Crippen molar-refractivity contribution >= 4 is 33.9 Å². The molecular formula is C11H13N5OS. The quantitative estimate of drug-likeness (QED) is 0.875. The Bertz CT molecular complexity index is 554. The molecule has 0 aromatic carbocycles. The van der Waals surface area contributed by atoms with Gasteiger partial charge in [-0.25, -0.2) is 4.98 Å². The minimum atomic E-state index is -0.195. The van der Waals surface area contributed by atoms with Gasteiger partial charge in [0.25, 0.3) is 5.91 Å². The second kappa shape index (κ2) is 5.01. The van der Waals surface area contributed by atoms with Gasteiger partial charge in [-0.15, -0.1) is 0 Å². The minimum Gasteiger partial charge on any atom is -0.382 e. The van der Waals surface area contributed by atoms with Gasteiger partial charge < -0.3 is 16.0 Å². The molecule has 0 radical (unpaired) electrons. The van der Waals surface area contributed by atoms with Crippen molar-refractivity contribution in [3.63, 3.8) is 0 Å². The van der Waals surface area contributed by atoms with Crippen molar-refractivity contribution in [2.24, 2.45) is 0 Å². The summed E-state index contributed by atoms with van der Waals surface area (Å²) in [6, 6.07) is 3.58. The Balaban J connectivity index is 2.28. The van der Waals surface area contributed by atoms with E-state index in [9.17, 15) is 4.79 Å². The number of rotatable bonds is 3. The van der Waals surface area contributed by atoms with Crippen LogP contribution in [0.5, 0.6) is 0 Å². The molecule has 0 aliphatic heterocycles. The first-order valence-electron chi connectivity index (χ1n) is 5.25. The zero-order chi connectivity index (χ0) is 13.1. The van der Waals surface area contributed by atoms with Crippen LogP contribution in [0.15, 0.2) is 24.5 Å². The number of pyridine rings is 1. The summed E-state index contributed by atoms with van der Waals surface area (Å²) in [6.07, 6.45) is 3.27. The van der Waals surface area contributed by atoms with Crippen molar-refractivity contribution in [1.29, 1.82) is 0 Å². The van der Waals surface area contributed by atoms with E-state index < -0.39 is 0 Å². The highest BCUT2D eigenvalue weighted by Gasteiger charge is 2.20. The van der Waals surface area contributed by atoms with Crippen LogP contribution in [0.3, 0.4) is 0 Å². The van der Waals surface area contributed by atoms with Gasteiger partial charge in [0.1, 0.15) is 10.7 Å². The first kappa shape index (κ1) is 12.3. The molecule has 1 amide bonds. The van der Waals surface area contributed by atoms with Gasteiger partial charge in [0.2, 0.25) is 0 Å². The highest BCUT2D eigenvalue weighted by atomic mass is 32.1. The van der Waals surface area contributed by atoms with Gasteiger partial charge in [0, 0.05) is 20.3 Å². The highest BCUT2D eigenvalue weighted by molar-refractivity contribution is 7.18. The number of anilines is 3. The lowest BCUT2D eigenvalue weighted by molar-refractivity contribution is 0.0997. The fourth-order valence-corrected chi connectivity index (χ4v) is 2.23. The van der Waals surface area contributed by atoms with E-state index in [0.717, 1.165) is 0 Å². The zero-order valence-corrected chi connectivity index (χ0v) is 10.9. The van der Waals surface area contributed by atoms with Crippen LogP contribution in [0.25, 0.3) is 0 Å². The van der Waals surface area contributed by atoms with Crippen LogP contribution in [0.1, 0.15) is 9.67 Å². The van der Waals surface area contributed by atoms with Gasteiger partial charge in [0.15, 0.2) is 5.13 Å². The SMILES string of the molecule is CNc1nc(N)c(C(=O)N(C)c2cccnc2)s1. The molecule has 0 aliphatic rings. The van der Waals surface area contributed by atoms with Crippen LogP contribution in [-0.2, 0) is 0 Å². The molecule has 7 heteroatoms. The number of aromatic nitrogens is 2. The number of hydrogen-bond donors (Lipinski definition) is 2. The average molecular weight is 263 g/mol. The normalized spacial score (nSPS) is 10.1. The molecule has 0 atom stereocenters. The number of carbonyl (C=O) groups excluding carboxylic acids is 1. The predicted molar refractivity (Wildman–Crippen MR) is 73.0 cm³/mol. The third kappa shape index (κ3) is 2.25. The second-order valence-electron chi connectivity index (χ2n) is 3.56. The topological polar surface area (TPSA) is 84.1 Å². The molecule has 0 saturated carbocycles. The van der Waals surface area contributed by atoms with E-state index in [2.05, 4.69) is 15.3 Å². The molecule has 3 N–H and O–H groups in total. The molecule has 0 saturated heterocycles. The summed E-state index contributed by atoms with van der Waals surface area (Å²) in [5, 5.41) is 3.49. The van der Waals surface area contributed by atoms with Crippen molar-refractivity contribution < 1.29 is 4.79 Å². The second-order valence-corrected chi connectivity index (χ2v) is 4.56. The Morgan fingerprint density at radius 3 is 2.89 bits per heavy atom. The minimum absolute atomic E-state index is 0.195. The van der Waals surface area contributed by atoms with E-state index in [1.807, 2.05) is 0 Å². The van der Waals surface area contributed by atoms with E-state index in [1.165, 1.54) is 16.2 Å². The lowest BCUT2D eigenvalue weighted by atomic mass is 10.3. The zero-order valence-electron chi connectivity index (χ0n) is 10.0. The molecule has 2 aromatic heterocycles. The lowest BCUT2D eigenvalue weighted by Gasteiger charge is -2.15. The van der Waals surface area contributed by atoms with Crippen molar-refractivity contribution in [3.8, 4) is 0 Å². The largest absolute Gasteiger partial charge is 0.382 e. The number of nitrogen functional groups attached to an aromatic ring is 1. The summed E-state index contributed by atoms with van der Waals surface area (Å²) in [5.41, 5.74) is 6.44. The molecule has 0 bridgehead atoms. The van der Waals surface area contributed by atoms with E-state index in [0.29, 0.717) is 15.7 Å². The van der Waals surface area contributed by atoms with Crippen molar-refractivity contribution in [2.75, 3.05) is 30.0 Å². The van der Waals surface area contributed by atoms with Crippen LogP contribution >= 0.6 is 11.3 Å². The number of nitrogens with two attached hydrogens (primary N) is 1. The fraction of sp³-hybridized carbons (Fsp3) is 0.182. The average Bonchev–Trinajstić information content (AvgIpc) is 2.79. The smallest absolute Gasteiger partial charge is 0.272 e. The summed E-state index contributed by atoms with van der Waals surface area (Å²) in [5.74, 6) is 0.0459. The molecule has 2 heterocycles. The standard InChI is InChI=1S/C11H13N5OS/c1-13-11-15-9(12)8(18-11)10(17)16(2)7-4-3-5-14-6-7/h3-6H,12H2,1-2H3,(H,13,15). The Morgan fingerprint density at radius 1 is 1.56 bits per heavy atom. The van der Waals surface area contributed by atoms with Crippen molar-refractivity contribution in [2.45, 2.75) is 0 Å². The van der Waals surface area contributed by atoms with Crippen LogP contribution in [-0.4, -0.2) is 30.0 Å². The number of amides is 1. The van der Waals surface area contributed by atoms with Gasteiger partial charge in [-0.05, 0) is 12.1 Å². The van der Waals surface area contributed by atoms with Crippen LogP contribution in [0.2, 0.25) is 0 Å². The van der Waals surface area contributed by atoms with Gasteiger partial charge >= 0.3 is 0 Å². The third-order valence-electron chi connectivity index (χ3n) is 2.40. The van der Waals surface area contributed by atoms with E-state index in [4.69, 9.17) is 5.73 Å². The maximum absolute atomic E-state index is 12.3. The van der Waals surface area contributed by atoms with E-state index in [1.54, 1.807) is 38.6 Å². The van der Waals surface area contributed by atoms with E-state index >= 15 is 0 Å². The molecule has 0 unspecified atom stereocenters. The predicted octanol–water partition coefficient (Wildman–Crippen LogP) is 1.44. The molecule has 94 valence electrons. The maximum Gasteiger partial charge on any atom is 0.272 e. The van der Waals surface area contributed by atoms with Gasteiger partial charge in [0.05, 0.1) is 11.9 Å². The number of nitrogens with one attached hydrogen (secondary N) is 1. The lowest BCUT2D eigenvalue weighted by Crippen LogP contribution is -2.26. The van der Waals surface area contributed by atoms with E-state index in [-0.39, 0.29) is 11.7 Å². The molecule has 2 rings (SSSR count). The molecule has 2 aromatic rings. The molecule has 18 heavy (non-hydrogen) atoms. The molecule has 6 nitrogen and oxygen atoms in total. The Kier molecular flexibility index (Phi) is 3.42. The van der Waals surface area contributed by atoms with Crippen LogP contribution in [0.4, 0.5) is 16.6 Å². The number of hydrogen-bond acceptors (Lipinski definition) is 6. The number of carbonyl (C=O) groups is 1. The third-order valence-corrected chi connectivity index (χ3v) is 3.48. The van der Waals surface area contributed by atoms with Gasteiger partial charge in [-0.2, -0.15) is 0 Å². The van der Waals surface area contributed by atoms with Crippen molar-refractivity contribution in [1.82, 2.24) is 9.97 Å².